The van der Waals surface area contributed by atoms with Crippen molar-refractivity contribution in [2.45, 2.75) is 6.92 Å². The Hall–Kier alpha value is -2.89. The number of rotatable bonds is 6. The predicted molar refractivity (Wildman–Crippen MR) is 80.1 cm³/mol. The molecular weight excluding hydrogens is 286 g/mol. The van der Waals surface area contributed by atoms with Crippen LogP contribution in [0.1, 0.15) is 15.9 Å². The fraction of sp³-hybridized carbons (Fsp3) is 0.188. The first-order valence-electron chi connectivity index (χ1n) is 6.68. The number of nitrogens with zero attached hydrogens (tertiary/aromatic N) is 1. The number of carbonyl (C=O) groups is 1. The van der Waals surface area contributed by atoms with Crippen molar-refractivity contribution < 1.29 is 19.2 Å². The Morgan fingerprint density at radius 2 is 1.82 bits per heavy atom. The molecule has 0 N–H and O–H groups in total. The van der Waals surface area contributed by atoms with Crippen LogP contribution < -0.4 is 4.74 Å². The van der Waals surface area contributed by atoms with Gasteiger partial charge in [-0.2, -0.15) is 0 Å². The van der Waals surface area contributed by atoms with Crippen LogP contribution in [0.2, 0.25) is 0 Å². The molecule has 6 heteroatoms. The second kappa shape index (κ2) is 7.21. The summed E-state index contributed by atoms with van der Waals surface area (Å²) in [5, 5.41) is 11.0. The van der Waals surface area contributed by atoms with Gasteiger partial charge in [-0.05, 0) is 25.1 Å². The van der Waals surface area contributed by atoms with Crippen molar-refractivity contribution in [2.24, 2.45) is 0 Å². The Balaban J connectivity index is 1.93. The number of para-hydroxylation sites is 2. The Morgan fingerprint density at radius 3 is 2.50 bits per heavy atom. The zero-order valence-electron chi connectivity index (χ0n) is 12.0. The van der Waals surface area contributed by atoms with Crippen LogP contribution in [0.4, 0.5) is 5.69 Å². The highest BCUT2D eigenvalue weighted by molar-refractivity contribution is 5.94. The summed E-state index contributed by atoms with van der Waals surface area (Å²) in [6.45, 7) is 1.77. The number of nitro groups is 1. The smallest absolute Gasteiger partial charge is 0.345 e. The van der Waals surface area contributed by atoms with E-state index in [-0.39, 0.29) is 24.5 Å². The van der Waals surface area contributed by atoms with Crippen molar-refractivity contribution in [3.05, 3.63) is 69.8 Å². The second-order valence-electron chi connectivity index (χ2n) is 4.53. The normalized spacial score (nSPS) is 10.0. The van der Waals surface area contributed by atoms with E-state index in [1.807, 2.05) is 18.2 Å². The first-order chi connectivity index (χ1) is 10.6. The summed E-state index contributed by atoms with van der Waals surface area (Å²) in [6.07, 6.45) is 0. The van der Waals surface area contributed by atoms with Crippen LogP contribution >= 0.6 is 0 Å². The molecule has 0 aliphatic carbocycles. The molecular formula is C16H15NO5. The van der Waals surface area contributed by atoms with E-state index in [9.17, 15) is 14.9 Å². The monoisotopic (exact) mass is 301 g/mol. The Kier molecular flexibility index (Phi) is 5.08. The molecule has 0 unspecified atom stereocenters. The molecule has 2 rings (SSSR count). The topological polar surface area (TPSA) is 78.7 Å². The number of nitro benzene ring substituents is 1. The summed E-state index contributed by atoms with van der Waals surface area (Å²) in [5.41, 5.74) is 0.140. The minimum absolute atomic E-state index is 0.0127. The summed E-state index contributed by atoms with van der Waals surface area (Å²) in [5.74, 6) is -0.0628. The fourth-order valence-electron chi connectivity index (χ4n) is 1.95. The van der Waals surface area contributed by atoms with E-state index in [4.69, 9.17) is 9.47 Å². The van der Waals surface area contributed by atoms with Crippen LogP contribution in [0, 0.1) is 17.0 Å². The van der Waals surface area contributed by atoms with Gasteiger partial charge in [0.05, 0.1) is 4.92 Å². The summed E-state index contributed by atoms with van der Waals surface area (Å²) >= 11 is 0. The van der Waals surface area contributed by atoms with Gasteiger partial charge in [0.25, 0.3) is 5.69 Å². The van der Waals surface area contributed by atoms with Crippen LogP contribution in [-0.2, 0) is 4.74 Å². The molecule has 0 heterocycles. The van der Waals surface area contributed by atoms with Gasteiger partial charge in [-0.15, -0.1) is 0 Å². The van der Waals surface area contributed by atoms with Crippen LogP contribution in [0.25, 0.3) is 0 Å². The van der Waals surface area contributed by atoms with Gasteiger partial charge < -0.3 is 9.47 Å². The van der Waals surface area contributed by atoms with Crippen molar-refractivity contribution >= 4 is 11.7 Å². The van der Waals surface area contributed by atoms with E-state index in [1.54, 1.807) is 31.2 Å². The molecule has 0 bridgehead atoms. The van der Waals surface area contributed by atoms with Crippen molar-refractivity contribution in [3.8, 4) is 5.75 Å². The van der Waals surface area contributed by atoms with Crippen LogP contribution in [0.3, 0.4) is 0 Å². The van der Waals surface area contributed by atoms with E-state index in [0.29, 0.717) is 11.3 Å². The minimum atomic E-state index is -0.730. The third-order valence-electron chi connectivity index (χ3n) is 2.97. The molecule has 0 saturated heterocycles. The van der Waals surface area contributed by atoms with Crippen molar-refractivity contribution in [3.63, 3.8) is 0 Å². The van der Waals surface area contributed by atoms with E-state index in [2.05, 4.69) is 0 Å². The average Bonchev–Trinajstić information content (AvgIpc) is 2.51. The molecule has 0 radical (unpaired) electrons. The average molecular weight is 301 g/mol. The maximum Gasteiger partial charge on any atom is 0.345 e. The first kappa shape index (κ1) is 15.5. The molecule has 0 amide bonds. The minimum Gasteiger partial charge on any atom is -0.490 e. The highest BCUT2D eigenvalue weighted by Gasteiger charge is 2.23. The first-order valence-corrected chi connectivity index (χ1v) is 6.68. The molecule has 114 valence electrons. The van der Waals surface area contributed by atoms with E-state index in [1.165, 1.54) is 6.07 Å². The highest BCUT2D eigenvalue weighted by Crippen LogP contribution is 2.23. The maximum atomic E-state index is 12.0. The van der Waals surface area contributed by atoms with Gasteiger partial charge in [0.2, 0.25) is 0 Å². The fourth-order valence-corrected chi connectivity index (χ4v) is 1.95. The van der Waals surface area contributed by atoms with Crippen molar-refractivity contribution in [1.82, 2.24) is 0 Å². The molecule has 0 spiro atoms. The predicted octanol–water partition coefficient (Wildman–Crippen LogP) is 3.14. The zero-order chi connectivity index (χ0) is 15.9. The quantitative estimate of drug-likeness (QED) is 0.354. The van der Waals surface area contributed by atoms with Crippen LogP contribution in [0.5, 0.6) is 5.75 Å². The van der Waals surface area contributed by atoms with Crippen LogP contribution in [0.15, 0.2) is 48.5 Å². The molecule has 0 aromatic heterocycles. The lowest BCUT2D eigenvalue weighted by molar-refractivity contribution is -0.385. The maximum absolute atomic E-state index is 12.0. The van der Waals surface area contributed by atoms with Gasteiger partial charge in [0.15, 0.2) is 0 Å². The lowest BCUT2D eigenvalue weighted by Crippen LogP contribution is -2.14. The Morgan fingerprint density at radius 1 is 1.09 bits per heavy atom. The summed E-state index contributed by atoms with van der Waals surface area (Å²) in [4.78, 5) is 22.4. The van der Waals surface area contributed by atoms with Crippen molar-refractivity contribution in [2.75, 3.05) is 13.2 Å². The van der Waals surface area contributed by atoms with Gasteiger partial charge in [0.1, 0.15) is 24.5 Å². The van der Waals surface area contributed by atoms with Gasteiger partial charge in [-0.25, -0.2) is 4.79 Å². The standard InChI is InChI=1S/C16H15NO5/c1-12-6-5-9-14(15(12)17(19)20)16(18)22-11-10-21-13-7-3-2-4-8-13/h2-9H,10-11H2,1H3. The summed E-state index contributed by atoms with van der Waals surface area (Å²) < 4.78 is 10.4. The number of esters is 1. The van der Waals surface area contributed by atoms with Crippen molar-refractivity contribution in [1.29, 1.82) is 0 Å². The van der Waals surface area contributed by atoms with Gasteiger partial charge >= 0.3 is 5.97 Å². The number of hydrogen-bond donors (Lipinski definition) is 0. The number of ether oxygens (including phenoxy) is 2. The van der Waals surface area contributed by atoms with E-state index >= 15 is 0 Å². The molecule has 22 heavy (non-hydrogen) atoms. The molecule has 6 nitrogen and oxygen atoms in total. The number of aryl methyl sites for hydroxylation is 1. The van der Waals surface area contributed by atoms with Gasteiger partial charge in [-0.3, -0.25) is 10.1 Å². The van der Waals surface area contributed by atoms with Gasteiger partial charge in [0, 0.05) is 5.56 Å². The SMILES string of the molecule is Cc1cccc(C(=O)OCCOc2ccccc2)c1[N+](=O)[O-]. The zero-order valence-corrected chi connectivity index (χ0v) is 12.0. The van der Waals surface area contributed by atoms with Crippen LogP contribution in [-0.4, -0.2) is 24.1 Å². The Labute approximate surface area is 127 Å². The summed E-state index contributed by atoms with van der Waals surface area (Å²) in [6, 6.07) is 13.6. The van der Waals surface area contributed by atoms with E-state index in [0.717, 1.165) is 0 Å². The third kappa shape index (κ3) is 3.82. The molecule has 2 aromatic carbocycles. The molecule has 0 aliphatic rings. The number of hydrogen-bond acceptors (Lipinski definition) is 5. The highest BCUT2D eigenvalue weighted by atomic mass is 16.6. The molecule has 0 fully saturated rings. The third-order valence-corrected chi connectivity index (χ3v) is 2.97. The summed E-state index contributed by atoms with van der Waals surface area (Å²) in [7, 11) is 0. The van der Waals surface area contributed by atoms with E-state index < -0.39 is 10.9 Å². The number of benzene rings is 2. The lowest BCUT2D eigenvalue weighted by atomic mass is 10.1. The molecule has 2 aromatic rings. The molecule has 0 saturated carbocycles. The van der Waals surface area contributed by atoms with Gasteiger partial charge in [-0.1, -0.05) is 30.3 Å². The molecule has 0 atom stereocenters. The largest absolute Gasteiger partial charge is 0.490 e. The second-order valence-corrected chi connectivity index (χ2v) is 4.53. The Bertz CT molecular complexity index is 669. The lowest BCUT2D eigenvalue weighted by Gasteiger charge is -2.08. The number of carbonyl (C=O) groups excluding carboxylic acids is 1. The molecule has 0 aliphatic heterocycles.